The molecule has 0 spiro atoms. The van der Waals surface area contributed by atoms with Crippen molar-refractivity contribution in [1.82, 2.24) is 14.6 Å². The molecule has 8 nitrogen and oxygen atoms in total. The number of anilines is 1. The molecule has 1 aromatic heterocycles. The van der Waals surface area contributed by atoms with Gasteiger partial charge in [-0.05, 0) is 12.1 Å². The van der Waals surface area contributed by atoms with E-state index in [-0.39, 0.29) is 5.95 Å². The van der Waals surface area contributed by atoms with Gasteiger partial charge in [-0.15, -0.1) is 4.73 Å². The number of amides is 2. The van der Waals surface area contributed by atoms with Crippen molar-refractivity contribution >= 4 is 29.2 Å². The Hall–Kier alpha value is -2.77. The van der Waals surface area contributed by atoms with Crippen molar-refractivity contribution in [2.75, 3.05) is 26.5 Å². The number of aromatic nitrogens is 2. The molecule has 0 radical (unpaired) electrons. The van der Waals surface area contributed by atoms with Crippen LogP contribution in [0.1, 0.15) is 0 Å². The topological polar surface area (TPSA) is 85.7 Å². The van der Waals surface area contributed by atoms with E-state index in [4.69, 9.17) is 4.84 Å². The molecule has 1 N–H and O–H groups in total. The Morgan fingerprint density at radius 3 is 2.65 bits per heavy atom. The first kappa shape index (κ1) is 13.7. The molecular weight excluding hydrogens is 264 g/mol. The first-order valence-corrected chi connectivity index (χ1v) is 5.75. The summed E-state index contributed by atoms with van der Waals surface area (Å²) in [6, 6.07) is 7.01. The molecule has 2 rings (SSSR count). The summed E-state index contributed by atoms with van der Waals surface area (Å²) in [5, 5.41) is 2.39. The van der Waals surface area contributed by atoms with Gasteiger partial charge in [-0.1, -0.05) is 12.1 Å². The summed E-state index contributed by atoms with van der Waals surface area (Å²) in [7, 11) is 4.33. The minimum atomic E-state index is -0.706. The summed E-state index contributed by atoms with van der Waals surface area (Å²) >= 11 is 0. The number of para-hydroxylation sites is 2. The second-order valence-electron chi connectivity index (χ2n) is 4.09. The molecule has 2 aromatic rings. The standard InChI is InChI=1S/C12H14N4O4/c1-15(2)12(18)20-16-9-7-5-4-6-8(9)13-10(16)14-11(17)19-3/h4-7H,1-3H3,(H,13,14,17). The van der Waals surface area contributed by atoms with Crippen LogP contribution >= 0.6 is 0 Å². The fraction of sp³-hybridized carbons (Fsp3) is 0.250. The lowest BCUT2D eigenvalue weighted by atomic mass is 10.3. The van der Waals surface area contributed by atoms with Crippen LogP contribution in [0, 0.1) is 0 Å². The number of benzene rings is 1. The van der Waals surface area contributed by atoms with Gasteiger partial charge in [0, 0.05) is 14.1 Å². The van der Waals surface area contributed by atoms with Crippen LogP contribution < -0.4 is 10.2 Å². The summed E-state index contributed by atoms with van der Waals surface area (Å²) < 4.78 is 5.65. The van der Waals surface area contributed by atoms with Gasteiger partial charge in [-0.3, -0.25) is 5.32 Å². The monoisotopic (exact) mass is 278 g/mol. The Morgan fingerprint density at radius 1 is 1.30 bits per heavy atom. The lowest BCUT2D eigenvalue weighted by molar-refractivity contribution is 0.113. The Bertz CT molecular complexity index is 650. The highest BCUT2D eigenvalue weighted by Gasteiger charge is 2.17. The number of rotatable bonds is 2. The largest absolute Gasteiger partial charge is 0.453 e. The molecule has 0 aliphatic heterocycles. The molecule has 0 saturated carbocycles. The van der Waals surface area contributed by atoms with Gasteiger partial charge in [0.1, 0.15) is 5.52 Å². The van der Waals surface area contributed by atoms with E-state index in [1.165, 1.54) is 12.0 Å². The number of methoxy groups -OCH3 is 1. The maximum absolute atomic E-state index is 11.7. The molecule has 20 heavy (non-hydrogen) atoms. The number of fused-ring (bicyclic) bond motifs is 1. The molecule has 0 aliphatic carbocycles. The molecule has 0 atom stereocenters. The van der Waals surface area contributed by atoms with Crippen LogP contribution in [0.2, 0.25) is 0 Å². The van der Waals surface area contributed by atoms with Gasteiger partial charge in [0.2, 0.25) is 5.95 Å². The Kier molecular flexibility index (Phi) is 3.74. The van der Waals surface area contributed by atoms with E-state index in [0.29, 0.717) is 11.0 Å². The van der Waals surface area contributed by atoms with E-state index >= 15 is 0 Å². The van der Waals surface area contributed by atoms with Crippen LogP contribution in [0.25, 0.3) is 11.0 Å². The third-order valence-electron chi connectivity index (χ3n) is 2.45. The van der Waals surface area contributed by atoms with Crippen LogP contribution in [0.4, 0.5) is 15.5 Å². The number of carbonyl (C=O) groups excluding carboxylic acids is 2. The fourth-order valence-corrected chi connectivity index (χ4v) is 1.48. The molecule has 0 bridgehead atoms. The Morgan fingerprint density at radius 2 is 2.00 bits per heavy atom. The van der Waals surface area contributed by atoms with Gasteiger partial charge in [0.15, 0.2) is 0 Å². The van der Waals surface area contributed by atoms with Crippen molar-refractivity contribution in [2.45, 2.75) is 0 Å². The zero-order valence-electron chi connectivity index (χ0n) is 11.3. The number of nitrogens with one attached hydrogen (secondary N) is 1. The van der Waals surface area contributed by atoms with E-state index in [0.717, 1.165) is 4.73 Å². The lowest BCUT2D eigenvalue weighted by Gasteiger charge is -2.13. The zero-order valence-corrected chi connectivity index (χ0v) is 11.3. The average molecular weight is 278 g/mol. The normalized spacial score (nSPS) is 10.2. The van der Waals surface area contributed by atoms with Gasteiger partial charge >= 0.3 is 12.2 Å². The van der Waals surface area contributed by atoms with Crippen molar-refractivity contribution in [3.8, 4) is 0 Å². The molecule has 106 valence electrons. The zero-order chi connectivity index (χ0) is 14.7. The first-order chi connectivity index (χ1) is 9.52. The summed E-state index contributed by atoms with van der Waals surface area (Å²) in [5.74, 6) is 0.0632. The fourth-order valence-electron chi connectivity index (χ4n) is 1.48. The van der Waals surface area contributed by atoms with E-state index in [9.17, 15) is 9.59 Å². The molecule has 1 heterocycles. The molecule has 0 fully saturated rings. The number of hydrogen-bond acceptors (Lipinski definition) is 5. The quantitative estimate of drug-likeness (QED) is 0.895. The second kappa shape index (κ2) is 5.47. The molecule has 1 aromatic carbocycles. The number of hydrogen-bond donors (Lipinski definition) is 1. The van der Waals surface area contributed by atoms with Crippen molar-refractivity contribution < 1.29 is 19.2 Å². The van der Waals surface area contributed by atoms with Gasteiger partial charge in [0.25, 0.3) is 0 Å². The van der Waals surface area contributed by atoms with Crippen molar-refractivity contribution in [2.24, 2.45) is 0 Å². The molecule has 2 amide bonds. The summed E-state index contributed by atoms with van der Waals surface area (Å²) in [6.07, 6.45) is -1.30. The molecular formula is C12H14N4O4. The van der Waals surface area contributed by atoms with Crippen LogP contribution in [-0.4, -0.2) is 48.0 Å². The number of ether oxygens (including phenoxy) is 1. The molecule has 0 aliphatic rings. The number of carbonyl (C=O) groups is 2. The smallest absolute Gasteiger partial charge is 0.434 e. The van der Waals surface area contributed by atoms with Gasteiger partial charge < -0.3 is 14.5 Å². The second-order valence-corrected chi connectivity index (χ2v) is 4.09. The maximum atomic E-state index is 11.7. The van der Waals surface area contributed by atoms with Crippen molar-refractivity contribution in [3.63, 3.8) is 0 Å². The van der Waals surface area contributed by atoms with E-state index < -0.39 is 12.2 Å². The van der Waals surface area contributed by atoms with Crippen LogP contribution in [0.15, 0.2) is 24.3 Å². The first-order valence-electron chi connectivity index (χ1n) is 5.75. The maximum Gasteiger partial charge on any atom is 0.434 e. The highest BCUT2D eigenvalue weighted by molar-refractivity contribution is 5.87. The minimum Gasteiger partial charge on any atom is -0.453 e. The highest BCUT2D eigenvalue weighted by Crippen LogP contribution is 2.18. The number of nitrogens with zero attached hydrogens (tertiary/aromatic N) is 3. The van der Waals surface area contributed by atoms with Gasteiger partial charge in [0.05, 0.1) is 12.6 Å². The van der Waals surface area contributed by atoms with Crippen molar-refractivity contribution in [1.29, 1.82) is 0 Å². The van der Waals surface area contributed by atoms with E-state index in [1.807, 2.05) is 0 Å². The third kappa shape index (κ3) is 2.63. The predicted molar refractivity (Wildman–Crippen MR) is 71.4 cm³/mol. The SMILES string of the molecule is COC(=O)Nc1nc2ccccc2n1OC(=O)N(C)C. The predicted octanol–water partition coefficient (Wildman–Crippen LogP) is 1.32. The van der Waals surface area contributed by atoms with Crippen LogP contribution in [0.3, 0.4) is 0 Å². The van der Waals surface area contributed by atoms with E-state index in [1.54, 1.807) is 38.4 Å². The Balaban J connectivity index is 2.44. The molecule has 8 heteroatoms. The average Bonchev–Trinajstić information content (AvgIpc) is 2.76. The lowest BCUT2D eigenvalue weighted by Crippen LogP contribution is -2.32. The summed E-state index contributed by atoms with van der Waals surface area (Å²) in [4.78, 5) is 33.6. The summed E-state index contributed by atoms with van der Waals surface area (Å²) in [6.45, 7) is 0. The Labute approximate surface area is 114 Å². The minimum absolute atomic E-state index is 0.0632. The third-order valence-corrected chi connectivity index (χ3v) is 2.45. The number of imidazole rings is 1. The highest BCUT2D eigenvalue weighted by atomic mass is 16.7. The van der Waals surface area contributed by atoms with Crippen LogP contribution in [0.5, 0.6) is 0 Å². The molecule has 0 saturated heterocycles. The van der Waals surface area contributed by atoms with Crippen LogP contribution in [-0.2, 0) is 4.74 Å². The van der Waals surface area contributed by atoms with E-state index in [2.05, 4.69) is 15.0 Å². The van der Waals surface area contributed by atoms with Crippen molar-refractivity contribution in [3.05, 3.63) is 24.3 Å². The summed E-state index contributed by atoms with van der Waals surface area (Å²) in [5.41, 5.74) is 1.12. The van der Waals surface area contributed by atoms with Gasteiger partial charge in [-0.25, -0.2) is 14.6 Å². The van der Waals surface area contributed by atoms with Gasteiger partial charge in [-0.2, -0.15) is 0 Å². The molecule has 0 unspecified atom stereocenters.